The van der Waals surface area contributed by atoms with Gasteiger partial charge in [0, 0.05) is 16.1 Å². The SMILES string of the molecule is CC(C)[C@H](NC(=O)c1ccccc1)C(=O)OCC(=O)c1ccc(Cl)cc1. The van der Waals surface area contributed by atoms with Crippen LogP contribution in [0.25, 0.3) is 0 Å². The van der Waals surface area contributed by atoms with Gasteiger partial charge in [0.25, 0.3) is 5.91 Å². The Morgan fingerprint density at radius 3 is 2.15 bits per heavy atom. The van der Waals surface area contributed by atoms with Gasteiger partial charge in [0.15, 0.2) is 12.4 Å². The number of nitrogens with one attached hydrogen (secondary N) is 1. The average molecular weight is 374 g/mol. The van der Waals surface area contributed by atoms with Crippen LogP contribution >= 0.6 is 11.6 Å². The van der Waals surface area contributed by atoms with Crippen molar-refractivity contribution in [2.75, 3.05) is 6.61 Å². The zero-order valence-corrected chi connectivity index (χ0v) is 15.3. The van der Waals surface area contributed by atoms with Crippen molar-refractivity contribution in [3.63, 3.8) is 0 Å². The van der Waals surface area contributed by atoms with Crippen LogP contribution in [0.1, 0.15) is 34.6 Å². The molecule has 0 aromatic heterocycles. The Kier molecular flexibility index (Phi) is 6.92. The lowest BCUT2D eigenvalue weighted by molar-refractivity contribution is -0.145. The number of rotatable bonds is 7. The van der Waals surface area contributed by atoms with E-state index in [1.165, 1.54) is 0 Å². The van der Waals surface area contributed by atoms with Gasteiger partial charge in [-0.1, -0.05) is 43.6 Å². The summed E-state index contributed by atoms with van der Waals surface area (Å²) in [6.45, 7) is 3.18. The number of ether oxygens (including phenoxy) is 1. The van der Waals surface area contributed by atoms with Crippen LogP contribution in [0.4, 0.5) is 0 Å². The highest BCUT2D eigenvalue weighted by molar-refractivity contribution is 6.30. The number of Topliss-reactive ketones (excluding diaryl/α,β-unsaturated/α-hetero) is 1. The van der Waals surface area contributed by atoms with Gasteiger partial charge in [-0.25, -0.2) is 4.79 Å². The molecule has 0 saturated carbocycles. The van der Waals surface area contributed by atoms with E-state index in [1.807, 2.05) is 0 Å². The lowest BCUT2D eigenvalue weighted by atomic mass is 10.0. The first-order chi connectivity index (χ1) is 12.4. The van der Waals surface area contributed by atoms with Gasteiger partial charge in [0.2, 0.25) is 0 Å². The fourth-order valence-electron chi connectivity index (χ4n) is 2.26. The maximum Gasteiger partial charge on any atom is 0.329 e. The van der Waals surface area contributed by atoms with Gasteiger partial charge in [-0.05, 0) is 42.3 Å². The summed E-state index contributed by atoms with van der Waals surface area (Å²) in [7, 11) is 0. The quantitative estimate of drug-likeness (QED) is 0.595. The maximum absolute atomic E-state index is 12.3. The molecule has 0 saturated heterocycles. The fourth-order valence-corrected chi connectivity index (χ4v) is 2.38. The molecular weight excluding hydrogens is 354 g/mol. The first-order valence-electron chi connectivity index (χ1n) is 8.20. The third-order valence-corrected chi connectivity index (χ3v) is 4.01. The van der Waals surface area contributed by atoms with E-state index in [4.69, 9.17) is 16.3 Å². The first kappa shape index (κ1) is 19.7. The van der Waals surface area contributed by atoms with Crippen LogP contribution in [-0.4, -0.2) is 30.3 Å². The van der Waals surface area contributed by atoms with Crippen LogP contribution in [0.2, 0.25) is 5.02 Å². The zero-order chi connectivity index (χ0) is 19.1. The predicted molar refractivity (Wildman–Crippen MR) is 99.3 cm³/mol. The van der Waals surface area contributed by atoms with Crippen molar-refractivity contribution in [2.24, 2.45) is 5.92 Å². The minimum absolute atomic E-state index is 0.194. The number of amides is 1. The van der Waals surface area contributed by atoms with E-state index in [2.05, 4.69) is 5.32 Å². The Hall–Kier alpha value is -2.66. The van der Waals surface area contributed by atoms with Crippen molar-refractivity contribution < 1.29 is 19.1 Å². The molecule has 0 heterocycles. The molecule has 0 spiro atoms. The summed E-state index contributed by atoms with van der Waals surface area (Å²) in [6.07, 6.45) is 0. The number of hydrogen-bond donors (Lipinski definition) is 1. The zero-order valence-electron chi connectivity index (χ0n) is 14.6. The molecule has 2 aromatic carbocycles. The summed E-state index contributed by atoms with van der Waals surface area (Å²) in [5.41, 5.74) is 0.847. The van der Waals surface area contributed by atoms with E-state index >= 15 is 0 Å². The standard InChI is InChI=1S/C20H20ClNO4/c1-13(2)18(22-19(24)15-6-4-3-5-7-15)20(25)26-12-17(23)14-8-10-16(21)11-9-14/h3-11,13,18H,12H2,1-2H3,(H,22,24)/t18-/m0/s1. The fraction of sp³-hybridized carbons (Fsp3) is 0.250. The summed E-state index contributed by atoms with van der Waals surface area (Å²) in [6, 6.07) is 14.1. The molecule has 26 heavy (non-hydrogen) atoms. The predicted octanol–water partition coefficient (Wildman–Crippen LogP) is 3.52. The Balaban J connectivity index is 1.96. The van der Waals surface area contributed by atoms with Gasteiger partial charge in [0.05, 0.1) is 0 Å². The molecule has 0 unspecified atom stereocenters. The summed E-state index contributed by atoms with van der Waals surface area (Å²) >= 11 is 5.78. The van der Waals surface area contributed by atoms with E-state index in [9.17, 15) is 14.4 Å². The Labute approximate surface area is 157 Å². The van der Waals surface area contributed by atoms with E-state index in [-0.39, 0.29) is 17.6 Å². The highest BCUT2D eigenvalue weighted by atomic mass is 35.5. The van der Waals surface area contributed by atoms with Crippen LogP contribution in [-0.2, 0) is 9.53 Å². The summed E-state index contributed by atoms with van der Waals surface area (Å²) in [5, 5.41) is 3.18. The summed E-state index contributed by atoms with van der Waals surface area (Å²) in [5.74, 6) is -1.55. The molecule has 0 fully saturated rings. The number of halogens is 1. The van der Waals surface area contributed by atoms with Gasteiger partial charge in [-0.15, -0.1) is 0 Å². The van der Waals surface area contributed by atoms with Crippen molar-refractivity contribution in [3.8, 4) is 0 Å². The van der Waals surface area contributed by atoms with Crippen LogP contribution in [0.3, 0.4) is 0 Å². The summed E-state index contributed by atoms with van der Waals surface area (Å²) < 4.78 is 5.11. The molecule has 5 nitrogen and oxygen atoms in total. The lowest BCUT2D eigenvalue weighted by Gasteiger charge is -2.20. The Morgan fingerprint density at radius 2 is 1.58 bits per heavy atom. The minimum atomic E-state index is -0.847. The lowest BCUT2D eigenvalue weighted by Crippen LogP contribution is -2.45. The molecule has 0 aliphatic heterocycles. The van der Waals surface area contributed by atoms with Crippen molar-refractivity contribution in [1.29, 1.82) is 0 Å². The summed E-state index contributed by atoms with van der Waals surface area (Å²) in [4.78, 5) is 36.7. The van der Waals surface area contributed by atoms with Crippen molar-refractivity contribution in [3.05, 3.63) is 70.7 Å². The highest BCUT2D eigenvalue weighted by Crippen LogP contribution is 2.11. The number of hydrogen-bond acceptors (Lipinski definition) is 4. The van der Waals surface area contributed by atoms with Crippen LogP contribution in [0.15, 0.2) is 54.6 Å². The smallest absolute Gasteiger partial charge is 0.329 e. The average Bonchev–Trinajstić information content (AvgIpc) is 2.64. The van der Waals surface area contributed by atoms with E-state index in [0.717, 1.165) is 0 Å². The molecule has 0 aliphatic rings. The molecule has 0 radical (unpaired) electrons. The maximum atomic E-state index is 12.3. The third-order valence-electron chi connectivity index (χ3n) is 3.75. The van der Waals surface area contributed by atoms with E-state index in [1.54, 1.807) is 68.4 Å². The number of carbonyl (C=O) groups excluding carboxylic acids is 3. The van der Waals surface area contributed by atoms with Crippen LogP contribution in [0.5, 0.6) is 0 Å². The molecule has 136 valence electrons. The van der Waals surface area contributed by atoms with Gasteiger partial charge in [-0.2, -0.15) is 0 Å². The third kappa shape index (κ3) is 5.43. The Morgan fingerprint density at radius 1 is 0.962 bits per heavy atom. The van der Waals surface area contributed by atoms with Gasteiger partial charge in [-0.3, -0.25) is 9.59 Å². The number of carbonyl (C=O) groups is 3. The molecule has 2 rings (SSSR count). The van der Waals surface area contributed by atoms with Crippen LogP contribution in [0, 0.1) is 5.92 Å². The second-order valence-electron chi connectivity index (χ2n) is 6.10. The second kappa shape index (κ2) is 9.15. The van der Waals surface area contributed by atoms with E-state index in [0.29, 0.717) is 16.1 Å². The molecule has 6 heteroatoms. The second-order valence-corrected chi connectivity index (χ2v) is 6.54. The van der Waals surface area contributed by atoms with Gasteiger partial charge >= 0.3 is 5.97 Å². The van der Waals surface area contributed by atoms with Crippen molar-refractivity contribution in [2.45, 2.75) is 19.9 Å². The van der Waals surface area contributed by atoms with Crippen LogP contribution < -0.4 is 5.32 Å². The Bertz CT molecular complexity index is 772. The molecule has 0 aliphatic carbocycles. The monoisotopic (exact) mass is 373 g/mol. The highest BCUT2D eigenvalue weighted by Gasteiger charge is 2.26. The largest absolute Gasteiger partial charge is 0.456 e. The van der Waals surface area contributed by atoms with Crippen molar-refractivity contribution >= 4 is 29.3 Å². The molecule has 2 aromatic rings. The number of esters is 1. The number of ketones is 1. The van der Waals surface area contributed by atoms with Gasteiger partial charge in [0.1, 0.15) is 6.04 Å². The topological polar surface area (TPSA) is 72.5 Å². The first-order valence-corrected chi connectivity index (χ1v) is 8.57. The van der Waals surface area contributed by atoms with E-state index < -0.39 is 18.6 Å². The normalized spacial score (nSPS) is 11.7. The molecule has 1 N–H and O–H groups in total. The molecule has 1 amide bonds. The molecular formula is C20H20ClNO4. The van der Waals surface area contributed by atoms with Crippen molar-refractivity contribution in [1.82, 2.24) is 5.32 Å². The minimum Gasteiger partial charge on any atom is -0.456 e. The molecule has 1 atom stereocenters. The molecule has 0 bridgehead atoms. The number of benzene rings is 2. The van der Waals surface area contributed by atoms with Gasteiger partial charge < -0.3 is 10.1 Å².